The summed E-state index contributed by atoms with van der Waals surface area (Å²) in [4.78, 5) is 23.5. The summed E-state index contributed by atoms with van der Waals surface area (Å²) >= 11 is 0. The second-order valence-electron chi connectivity index (χ2n) is 6.02. The van der Waals surface area contributed by atoms with E-state index >= 15 is 0 Å². The third-order valence-corrected chi connectivity index (χ3v) is 3.38. The minimum atomic E-state index is -0.971. The number of carbonyl (C=O) groups excluding carboxylic acids is 2. The molecule has 0 fully saturated rings. The van der Waals surface area contributed by atoms with Crippen LogP contribution in [0.5, 0.6) is 11.5 Å². The van der Waals surface area contributed by atoms with Crippen LogP contribution in [0, 0.1) is 0 Å². The number of aromatic hydroxyl groups is 2. The molecule has 0 aliphatic heterocycles. The number of hydrogen-bond donors (Lipinski definition) is 3. The highest BCUT2D eigenvalue weighted by Crippen LogP contribution is 2.25. The first-order chi connectivity index (χ1) is 11.6. The lowest BCUT2D eigenvalue weighted by Gasteiger charge is -2.22. The zero-order valence-corrected chi connectivity index (χ0v) is 16.0. The van der Waals surface area contributed by atoms with Crippen LogP contribution >= 0.6 is 12.4 Å². The van der Waals surface area contributed by atoms with Crippen LogP contribution < -0.4 is 5.73 Å². The number of rotatable bonds is 7. The number of ether oxygens (including phenoxy) is 3. The molecule has 0 spiro atoms. The van der Waals surface area contributed by atoms with Gasteiger partial charge in [0.05, 0.1) is 6.10 Å². The molecule has 0 aromatic heterocycles. The van der Waals surface area contributed by atoms with Gasteiger partial charge in [0, 0.05) is 0 Å². The Labute approximate surface area is 158 Å². The quantitative estimate of drug-likeness (QED) is 0.477. The van der Waals surface area contributed by atoms with E-state index in [0.29, 0.717) is 5.56 Å². The predicted molar refractivity (Wildman–Crippen MR) is 96.4 cm³/mol. The molecule has 1 aromatic rings. The van der Waals surface area contributed by atoms with Gasteiger partial charge < -0.3 is 30.2 Å². The van der Waals surface area contributed by atoms with Crippen LogP contribution in [0.3, 0.4) is 0 Å². The average Bonchev–Trinajstić information content (AvgIpc) is 2.49. The zero-order chi connectivity index (χ0) is 19.1. The summed E-state index contributed by atoms with van der Waals surface area (Å²) in [5.41, 5.74) is 6.37. The lowest BCUT2D eigenvalue weighted by molar-refractivity contribution is -0.155. The number of phenolic OH excluding ortho intramolecular Hbond substituents is 2. The van der Waals surface area contributed by atoms with E-state index in [4.69, 9.17) is 19.9 Å². The van der Waals surface area contributed by atoms with Gasteiger partial charge in [-0.15, -0.1) is 12.4 Å². The second-order valence-corrected chi connectivity index (χ2v) is 6.02. The van der Waals surface area contributed by atoms with Gasteiger partial charge >= 0.3 is 12.1 Å². The normalized spacial score (nSPS) is 13.9. The van der Waals surface area contributed by atoms with E-state index in [1.165, 1.54) is 12.1 Å². The number of benzene rings is 1. The van der Waals surface area contributed by atoms with Crippen LogP contribution in [-0.2, 0) is 25.4 Å². The fourth-order valence-electron chi connectivity index (χ4n) is 1.87. The van der Waals surface area contributed by atoms with Gasteiger partial charge in [-0.05, 0) is 51.8 Å². The van der Waals surface area contributed by atoms with Crippen LogP contribution in [0.2, 0.25) is 0 Å². The molecule has 1 aromatic carbocycles. The van der Waals surface area contributed by atoms with Crippen LogP contribution in [-0.4, -0.2) is 46.7 Å². The first-order valence-electron chi connectivity index (χ1n) is 7.94. The summed E-state index contributed by atoms with van der Waals surface area (Å²) in [5, 5.41) is 18.7. The Hall–Kier alpha value is -2.19. The van der Waals surface area contributed by atoms with E-state index in [2.05, 4.69) is 0 Å². The van der Waals surface area contributed by atoms with Gasteiger partial charge in [-0.2, -0.15) is 0 Å². The Bertz CT molecular complexity index is 609. The number of nitrogens with two attached hydrogens (primary N) is 1. The largest absolute Gasteiger partial charge is 0.508 e. The average molecular weight is 392 g/mol. The molecule has 0 saturated heterocycles. The SMILES string of the molecule is CC(C)OC(=O)OC(C)[C@@H](C)OC(=O)[C@@H](N)Cc1ccc(O)c(O)c1.Cl. The molecule has 9 heteroatoms. The van der Waals surface area contributed by atoms with Crippen LogP contribution in [0.25, 0.3) is 0 Å². The molecule has 1 unspecified atom stereocenters. The number of carbonyl (C=O) groups is 2. The van der Waals surface area contributed by atoms with E-state index in [9.17, 15) is 19.8 Å². The fraction of sp³-hybridized carbons (Fsp3) is 0.529. The molecule has 0 amide bonds. The van der Waals surface area contributed by atoms with Crippen molar-refractivity contribution in [1.82, 2.24) is 0 Å². The highest BCUT2D eigenvalue weighted by molar-refractivity contribution is 5.85. The van der Waals surface area contributed by atoms with Crippen molar-refractivity contribution < 1.29 is 34.0 Å². The van der Waals surface area contributed by atoms with E-state index in [1.807, 2.05) is 0 Å². The maximum atomic E-state index is 12.0. The van der Waals surface area contributed by atoms with Gasteiger partial charge in [-0.25, -0.2) is 4.79 Å². The van der Waals surface area contributed by atoms with Crippen LogP contribution in [0.15, 0.2) is 18.2 Å². The van der Waals surface area contributed by atoms with Gasteiger partial charge in [0.1, 0.15) is 18.2 Å². The van der Waals surface area contributed by atoms with Gasteiger partial charge in [0.2, 0.25) is 0 Å². The summed E-state index contributed by atoms with van der Waals surface area (Å²) in [7, 11) is 0. The van der Waals surface area contributed by atoms with Crippen molar-refractivity contribution in [3.8, 4) is 11.5 Å². The minimum absolute atomic E-state index is 0. The van der Waals surface area contributed by atoms with Crippen molar-refractivity contribution in [2.75, 3.05) is 0 Å². The van der Waals surface area contributed by atoms with Crippen LogP contribution in [0.4, 0.5) is 4.79 Å². The Morgan fingerprint density at radius 2 is 1.58 bits per heavy atom. The second kappa shape index (κ2) is 10.7. The molecule has 0 heterocycles. The minimum Gasteiger partial charge on any atom is -0.504 e. The van der Waals surface area contributed by atoms with Crippen molar-refractivity contribution in [1.29, 1.82) is 0 Å². The van der Waals surface area contributed by atoms with Gasteiger partial charge in [0.25, 0.3) is 0 Å². The smallest absolute Gasteiger partial charge is 0.504 e. The molecule has 0 bridgehead atoms. The maximum absolute atomic E-state index is 12.0. The van der Waals surface area contributed by atoms with E-state index in [-0.39, 0.29) is 36.4 Å². The lowest BCUT2D eigenvalue weighted by Crippen LogP contribution is -2.39. The molecule has 0 aliphatic rings. The molecular weight excluding hydrogens is 366 g/mol. The monoisotopic (exact) mass is 391 g/mol. The van der Waals surface area contributed by atoms with Crippen LogP contribution in [0.1, 0.15) is 33.3 Å². The van der Waals surface area contributed by atoms with Crippen molar-refractivity contribution in [2.45, 2.75) is 58.5 Å². The Morgan fingerprint density at radius 3 is 2.12 bits per heavy atom. The molecule has 1 rings (SSSR count). The highest BCUT2D eigenvalue weighted by Gasteiger charge is 2.25. The van der Waals surface area contributed by atoms with Gasteiger partial charge in [0.15, 0.2) is 11.5 Å². The highest BCUT2D eigenvalue weighted by atomic mass is 35.5. The fourth-order valence-corrected chi connectivity index (χ4v) is 1.87. The molecule has 0 aliphatic carbocycles. The number of phenols is 2. The van der Waals surface area contributed by atoms with Gasteiger partial charge in [-0.3, -0.25) is 4.79 Å². The first-order valence-corrected chi connectivity index (χ1v) is 7.94. The molecule has 8 nitrogen and oxygen atoms in total. The zero-order valence-electron chi connectivity index (χ0n) is 15.2. The van der Waals surface area contributed by atoms with Gasteiger partial charge in [-0.1, -0.05) is 6.07 Å². The summed E-state index contributed by atoms with van der Waals surface area (Å²) in [6.07, 6.45) is -2.46. The van der Waals surface area contributed by atoms with E-state index in [1.54, 1.807) is 33.8 Å². The summed E-state index contributed by atoms with van der Waals surface area (Å²) in [6.45, 7) is 6.53. The summed E-state index contributed by atoms with van der Waals surface area (Å²) < 4.78 is 15.1. The summed E-state index contributed by atoms with van der Waals surface area (Å²) in [6, 6.07) is 3.20. The number of halogens is 1. The molecular formula is C17H26ClNO7. The Morgan fingerprint density at radius 1 is 1.00 bits per heavy atom. The molecule has 26 heavy (non-hydrogen) atoms. The molecule has 3 atom stereocenters. The van der Waals surface area contributed by atoms with E-state index in [0.717, 1.165) is 0 Å². The first kappa shape index (κ1) is 23.8. The lowest BCUT2D eigenvalue weighted by atomic mass is 10.1. The Balaban J connectivity index is 0.00000625. The third kappa shape index (κ3) is 7.79. The molecule has 0 saturated carbocycles. The third-order valence-electron chi connectivity index (χ3n) is 3.38. The topological polar surface area (TPSA) is 128 Å². The number of esters is 1. The molecule has 0 radical (unpaired) electrons. The maximum Gasteiger partial charge on any atom is 0.508 e. The van der Waals surface area contributed by atoms with E-state index < -0.39 is 30.4 Å². The summed E-state index contributed by atoms with van der Waals surface area (Å²) in [5.74, 6) is -1.22. The molecule has 148 valence electrons. The van der Waals surface area contributed by atoms with Crippen molar-refractivity contribution in [2.24, 2.45) is 5.73 Å². The number of hydrogen-bond acceptors (Lipinski definition) is 8. The Kier molecular flexibility index (Phi) is 9.82. The van der Waals surface area contributed by atoms with Crippen molar-refractivity contribution in [3.05, 3.63) is 23.8 Å². The molecule has 4 N–H and O–H groups in total. The standard InChI is InChI=1S/C17H25NO7.ClH/c1-9(2)23-17(22)25-11(4)10(3)24-16(21)13(18)7-12-5-6-14(19)15(20)8-12;/h5-6,8-11,13,19-20H,7,18H2,1-4H3;1H/t10-,11?,13+;/m1./s1. The predicted octanol–water partition coefficient (Wildman–Crippen LogP) is 2.27. The van der Waals surface area contributed by atoms with Crippen molar-refractivity contribution in [3.63, 3.8) is 0 Å². The van der Waals surface area contributed by atoms with Crippen molar-refractivity contribution >= 4 is 24.5 Å².